The highest BCUT2D eigenvalue weighted by atomic mass is 16.3. The predicted molar refractivity (Wildman–Crippen MR) is 42.8 cm³/mol. The third-order valence-corrected chi connectivity index (χ3v) is 2.36. The van der Waals surface area contributed by atoms with Crippen molar-refractivity contribution in [2.75, 3.05) is 0 Å². The molecule has 1 saturated carbocycles. The lowest BCUT2D eigenvalue weighted by Crippen LogP contribution is -2.12. The van der Waals surface area contributed by atoms with Crippen molar-refractivity contribution < 1.29 is 5.11 Å². The molecule has 1 heteroatoms. The molecule has 0 heterocycles. The molecule has 2 unspecified atom stereocenters. The Morgan fingerprint density at radius 2 is 2.30 bits per heavy atom. The van der Waals surface area contributed by atoms with Crippen molar-refractivity contribution >= 4 is 0 Å². The van der Waals surface area contributed by atoms with E-state index in [0.29, 0.717) is 5.92 Å². The first-order valence-electron chi connectivity index (χ1n) is 4.13. The number of hydrogen-bond donors (Lipinski definition) is 1. The highest BCUT2D eigenvalue weighted by Gasteiger charge is 2.23. The molecule has 58 valence electrons. The molecule has 0 radical (unpaired) electrons. The zero-order valence-electron chi connectivity index (χ0n) is 6.42. The van der Waals surface area contributed by atoms with Crippen molar-refractivity contribution in [1.82, 2.24) is 0 Å². The molecular formula is C9H16O. The molecule has 0 aromatic rings. The van der Waals surface area contributed by atoms with Crippen LogP contribution in [0.4, 0.5) is 0 Å². The van der Waals surface area contributed by atoms with Crippen molar-refractivity contribution in [3.05, 3.63) is 12.7 Å². The summed E-state index contributed by atoms with van der Waals surface area (Å²) in [6, 6.07) is 0. The molecule has 2 atom stereocenters. The molecular weight excluding hydrogens is 124 g/mol. The Labute approximate surface area is 62.8 Å². The first-order chi connectivity index (χ1) is 4.84. The minimum atomic E-state index is -0.0139. The van der Waals surface area contributed by atoms with E-state index in [1.165, 1.54) is 12.8 Å². The van der Waals surface area contributed by atoms with E-state index >= 15 is 0 Å². The minimum Gasteiger partial charge on any atom is -0.393 e. The first kappa shape index (κ1) is 7.80. The van der Waals surface area contributed by atoms with Gasteiger partial charge in [-0.2, -0.15) is 0 Å². The van der Waals surface area contributed by atoms with Gasteiger partial charge in [0.2, 0.25) is 0 Å². The fraction of sp³-hybridized carbons (Fsp3) is 0.778. The molecule has 1 rings (SSSR count). The molecule has 1 N–H and O–H groups in total. The van der Waals surface area contributed by atoms with Gasteiger partial charge < -0.3 is 5.11 Å². The summed E-state index contributed by atoms with van der Waals surface area (Å²) in [4.78, 5) is 0. The summed E-state index contributed by atoms with van der Waals surface area (Å²) in [7, 11) is 0. The van der Waals surface area contributed by atoms with Gasteiger partial charge in [-0.05, 0) is 31.6 Å². The molecule has 0 aromatic heterocycles. The van der Waals surface area contributed by atoms with Gasteiger partial charge >= 0.3 is 0 Å². The lowest BCUT2D eigenvalue weighted by molar-refractivity contribution is 0.128. The summed E-state index contributed by atoms with van der Waals surface area (Å²) in [5.74, 6) is 0.568. The van der Waals surface area contributed by atoms with Crippen LogP contribution in [0.2, 0.25) is 0 Å². The fourth-order valence-corrected chi connectivity index (χ4v) is 1.69. The molecule has 0 bridgehead atoms. The lowest BCUT2D eigenvalue weighted by atomic mass is 10.00. The SMILES string of the molecule is C=CCCC1CCCC1O. The summed E-state index contributed by atoms with van der Waals surface area (Å²) in [5, 5.41) is 9.38. The van der Waals surface area contributed by atoms with Gasteiger partial charge in [-0.25, -0.2) is 0 Å². The van der Waals surface area contributed by atoms with Crippen LogP contribution in [0.3, 0.4) is 0 Å². The minimum absolute atomic E-state index is 0.0139. The molecule has 1 aliphatic carbocycles. The predicted octanol–water partition coefficient (Wildman–Crippen LogP) is 2.11. The molecule has 0 aliphatic heterocycles. The van der Waals surface area contributed by atoms with Gasteiger partial charge in [0.05, 0.1) is 6.10 Å². The third-order valence-electron chi connectivity index (χ3n) is 2.36. The van der Waals surface area contributed by atoms with Gasteiger partial charge in [-0.15, -0.1) is 6.58 Å². The molecule has 1 nitrogen and oxygen atoms in total. The molecule has 0 saturated heterocycles. The van der Waals surface area contributed by atoms with Crippen LogP contribution in [0.15, 0.2) is 12.7 Å². The van der Waals surface area contributed by atoms with Crippen LogP contribution in [0.1, 0.15) is 32.1 Å². The van der Waals surface area contributed by atoms with Crippen molar-refractivity contribution in [1.29, 1.82) is 0 Å². The maximum atomic E-state index is 9.38. The zero-order valence-corrected chi connectivity index (χ0v) is 6.42. The Hall–Kier alpha value is -0.300. The normalized spacial score (nSPS) is 32.5. The van der Waals surface area contributed by atoms with Crippen LogP contribution >= 0.6 is 0 Å². The van der Waals surface area contributed by atoms with Crippen LogP contribution in [-0.4, -0.2) is 11.2 Å². The Balaban J connectivity index is 2.19. The molecule has 0 spiro atoms. The van der Waals surface area contributed by atoms with Crippen LogP contribution in [0, 0.1) is 5.92 Å². The van der Waals surface area contributed by atoms with Crippen LogP contribution < -0.4 is 0 Å². The van der Waals surface area contributed by atoms with Crippen molar-refractivity contribution in [3.63, 3.8) is 0 Å². The maximum Gasteiger partial charge on any atom is 0.0568 e. The Morgan fingerprint density at radius 3 is 2.80 bits per heavy atom. The van der Waals surface area contributed by atoms with Gasteiger partial charge in [0, 0.05) is 0 Å². The number of allylic oxidation sites excluding steroid dienone is 1. The third kappa shape index (κ3) is 1.84. The number of aliphatic hydroxyl groups excluding tert-OH is 1. The molecule has 0 amide bonds. The summed E-state index contributed by atoms with van der Waals surface area (Å²) in [5.41, 5.74) is 0. The van der Waals surface area contributed by atoms with Crippen molar-refractivity contribution in [2.24, 2.45) is 5.92 Å². The van der Waals surface area contributed by atoms with E-state index in [2.05, 4.69) is 6.58 Å². The molecule has 0 aromatic carbocycles. The molecule has 1 aliphatic rings. The van der Waals surface area contributed by atoms with Gasteiger partial charge in [-0.3, -0.25) is 0 Å². The standard InChI is InChI=1S/C9H16O/c1-2-3-5-8-6-4-7-9(8)10/h2,8-10H,1,3-7H2. The van der Waals surface area contributed by atoms with Gasteiger partial charge in [0.1, 0.15) is 0 Å². The number of rotatable bonds is 3. The van der Waals surface area contributed by atoms with Crippen LogP contribution in [-0.2, 0) is 0 Å². The average molecular weight is 140 g/mol. The topological polar surface area (TPSA) is 20.2 Å². The van der Waals surface area contributed by atoms with Crippen molar-refractivity contribution in [2.45, 2.75) is 38.2 Å². The van der Waals surface area contributed by atoms with E-state index in [1.807, 2.05) is 6.08 Å². The van der Waals surface area contributed by atoms with E-state index in [9.17, 15) is 5.11 Å². The van der Waals surface area contributed by atoms with Gasteiger partial charge in [0.15, 0.2) is 0 Å². The lowest BCUT2D eigenvalue weighted by Gasteiger charge is -2.11. The quantitative estimate of drug-likeness (QED) is 0.595. The van der Waals surface area contributed by atoms with E-state index < -0.39 is 0 Å². The smallest absolute Gasteiger partial charge is 0.0568 e. The molecule has 10 heavy (non-hydrogen) atoms. The second-order valence-corrected chi connectivity index (χ2v) is 3.12. The van der Waals surface area contributed by atoms with E-state index in [1.54, 1.807) is 0 Å². The maximum absolute atomic E-state index is 9.38. The molecule has 1 fully saturated rings. The van der Waals surface area contributed by atoms with Crippen LogP contribution in [0.25, 0.3) is 0 Å². The number of aliphatic hydroxyl groups is 1. The van der Waals surface area contributed by atoms with E-state index in [-0.39, 0.29) is 6.10 Å². The Morgan fingerprint density at radius 1 is 1.50 bits per heavy atom. The second kappa shape index (κ2) is 3.77. The Kier molecular flexibility index (Phi) is 2.94. The fourth-order valence-electron chi connectivity index (χ4n) is 1.69. The van der Waals surface area contributed by atoms with Crippen LogP contribution in [0.5, 0.6) is 0 Å². The monoisotopic (exact) mass is 140 g/mol. The number of hydrogen-bond acceptors (Lipinski definition) is 1. The largest absolute Gasteiger partial charge is 0.393 e. The van der Waals surface area contributed by atoms with E-state index in [4.69, 9.17) is 0 Å². The second-order valence-electron chi connectivity index (χ2n) is 3.12. The highest BCUT2D eigenvalue weighted by molar-refractivity contribution is 4.79. The Bertz CT molecular complexity index is 109. The van der Waals surface area contributed by atoms with Crippen molar-refractivity contribution in [3.8, 4) is 0 Å². The summed E-state index contributed by atoms with van der Waals surface area (Å²) < 4.78 is 0. The summed E-state index contributed by atoms with van der Waals surface area (Å²) in [6.45, 7) is 3.67. The van der Waals surface area contributed by atoms with Gasteiger partial charge in [-0.1, -0.05) is 12.5 Å². The summed E-state index contributed by atoms with van der Waals surface area (Å²) in [6.07, 6.45) is 7.55. The highest BCUT2D eigenvalue weighted by Crippen LogP contribution is 2.28. The first-order valence-corrected chi connectivity index (χ1v) is 4.13. The van der Waals surface area contributed by atoms with Gasteiger partial charge in [0.25, 0.3) is 0 Å². The van der Waals surface area contributed by atoms with E-state index in [0.717, 1.165) is 19.3 Å². The summed E-state index contributed by atoms with van der Waals surface area (Å²) >= 11 is 0. The average Bonchev–Trinajstić information content (AvgIpc) is 2.31. The zero-order chi connectivity index (χ0) is 7.40.